The summed E-state index contributed by atoms with van der Waals surface area (Å²) in [5, 5.41) is 2.80. The van der Waals surface area contributed by atoms with E-state index in [1.54, 1.807) is 11.6 Å². The lowest BCUT2D eigenvalue weighted by Crippen LogP contribution is -2.49. The molecule has 5 nitrogen and oxygen atoms in total. The van der Waals surface area contributed by atoms with Crippen LogP contribution < -0.4 is 5.32 Å². The Bertz CT molecular complexity index is 984. The molecular weight excluding hydrogens is 396 g/mol. The van der Waals surface area contributed by atoms with Gasteiger partial charge in [0.05, 0.1) is 30.7 Å². The summed E-state index contributed by atoms with van der Waals surface area (Å²) in [6.45, 7) is 1.40. The predicted octanol–water partition coefficient (Wildman–Crippen LogP) is 2.89. The van der Waals surface area contributed by atoms with Gasteiger partial charge in [0.15, 0.2) is 4.77 Å². The molecule has 0 spiro atoms. The van der Waals surface area contributed by atoms with Gasteiger partial charge in [0.1, 0.15) is 11.6 Å². The molecule has 1 amide bonds. The summed E-state index contributed by atoms with van der Waals surface area (Å²) < 4.78 is 38.0. The molecule has 27 heavy (non-hydrogen) atoms. The number of carbonyl (C=O) groups is 1. The second-order valence-corrected chi connectivity index (χ2v) is 7.75. The zero-order valence-electron chi connectivity index (χ0n) is 14.6. The molecule has 0 radical (unpaired) electrons. The van der Waals surface area contributed by atoms with Gasteiger partial charge in [-0.25, -0.2) is 8.78 Å². The summed E-state index contributed by atoms with van der Waals surface area (Å²) in [4.78, 5) is 12.3. The fourth-order valence-corrected chi connectivity index (χ4v) is 4.24. The van der Waals surface area contributed by atoms with Crippen molar-refractivity contribution < 1.29 is 18.3 Å². The van der Waals surface area contributed by atoms with E-state index in [1.165, 1.54) is 12.1 Å². The number of hydrogen-bond acceptors (Lipinski definition) is 3. The van der Waals surface area contributed by atoms with Crippen molar-refractivity contribution in [1.29, 1.82) is 0 Å². The molecule has 2 aliphatic rings. The molecule has 0 aliphatic carbocycles. The Morgan fingerprint density at radius 3 is 2.81 bits per heavy atom. The van der Waals surface area contributed by atoms with Crippen LogP contribution in [0.4, 0.5) is 8.78 Å². The quantitative estimate of drug-likeness (QED) is 0.619. The SMILES string of the molecule is Cn1c(CC(=O)NC2COC2)c2n(c1=S)CC(c1c(F)ccc(Cl)c1F)C2. The van der Waals surface area contributed by atoms with Crippen LogP contribution in [-0.4, -0.2) is 34.3 Å². The first-order valence-corrected chi connectivity index (χ1v) is 9.43. The van der Waals surface area contributed by atoms with Crippen LogP contribution in [0.25, 0.3) is 0 Å². The van der Waals surface area contributed by atoms with Gasteiger partial charge in [0, 0.05) is 36.5 Å². The van der Waals surface area contributed by atoms with E-state index >= 15 is 0 Å². The third-order valence-electron chi connectivity index (χ3n) is 5.24. The summed E-state index contributed by atoms with van der Waals surface area (Å²) in [5.74, 6) is -1.88. The third-order valence-corrected chi connectivity index (χ3v) is 6.03. The highest BCUT2D eigenvalue weighted by Gasteiger charge is 2.33. The first-order valence-electron chi connectivity index (χ1n) is 8.64. The van der Waals surface area contributed by atoms with Crippen molar-refractivity contribution >= 4 is 29.7 Å². The Hall–Kier alpha value is -1.77. The number of nitrogens with zero attached hydrogens (tertiary/aromatic N) is 2. The van der Waals surface area contributed by atoms with E-state index in [9.17, 15) is 13.6 Å². The van der Waals surface area contributed by atoms with Crippen LogP contribution in [0, 0.1) is 16.4 Å². The molecule has 4 rings (SSSR count). The van der Waals surface area contributed by atoms with Gasteiger partial charge in [-0.05, 0) is 30.8 Å². The number of hydrogen-bond donors (Lipinski definition) is 1. The minimum absolute atomic E-state index is 0.0229. The Morgan fingerprint density at radius 2 is 2.15 bits per heavy atom. The number of rotatable bonds is 4. The van der Waals surface area contributed by atoms with E-state index < -0.39 is 17.6 Å². The largest absolute Gasteiger partial charge is 0.377 e. The second kappa shape index (κ2) is 7.00. The molecule has 0 saturated carbocycles. The number of nitrogens with one attached hydrogen (secondary N) is 1. The lowest BCUT2D eigenvalue weighted by molar-refractivity contribution is -0.124. The molecule has 0 bridgehead atoms. The molecular formula is C18H18ClF2N3O2S. The molecule has 9 heteroatoms. The average molecular weight is 414 g/mol. The van der Waals surface area contributed by atoms with E-state index in [2.05, 4.69) is 5.32 Å². The van der Waals surface area contributed by atoms with Crippen LogP contribution in [0.15, 0.2) is 12.1 Å². The fraction of sp³-hybridized carbons (Fsp3) is 0.444. The van der Waals surface area contributed by atoms with Crippen LogP contribution in [-0.2, 0) is 36.0 Å². The maximum absolute atomic E-state index is 14.4. The number of aromatic nitrogens is 2. The topological polar surface area (TPSA) is 48.2 Å². The Morgan fingerprint density at radius 1 is 1.41 bits per heavy atom. The number of benzene rings is 1. The van der Waals surface area contributed by atoms with Gasteiger partial charge in [-0.3, -0.25) is 4.79 Å². The predicted molar refractivity (Wildman–Crippen MR) is 98.5 cm³/mol. The highest BCUT2D eigenvalue weighted by molar-refractivity contribution is 7.71. The van der Waals surface area contributed by atoms with E-state index in [0.717, 1.165) is 11.4 Å². The van der Waals surface area contributed by atoms with Crippen molar-refractivity contribution in [3.8, 4) is 0 Å². The summed E-state index contributed by atoms with van der Waals surface area (Å²) in [6.07, 6.45) is 0.556. The number of amides is 1. The van der Waals surface area contributed by atoms with Gasteiger partial charge < -0.3 is 19.2 Å². The van der Waals surface area contributed by atoms with E-state index in [4.69, 9.17) is 28.6 Å². The minimum atomic E-state index is -0.730. The van der Waals surface area contributed by atoms with E-state index in [1.807, 2.05) is 4.57 Å². The highest BCUT2D eigenvalue weighted by atomic mass is 35.5. The normalized spacial score (nSPS) is 19.0. The number of ether oxygens (including phenoxy) is 1. The van der Waals surface area contributed by atoms with Crippen molar-refractivity contribution in [1.82, 2.24) is 14.5 Å². The standard InChI is InChI=1S/C18H18ClF2N3O2S/c1-23-13(5-15(25)22-10-7-26-8-10)14-4-9(6-24(14)18(23)27)16-12(20)3-2-11(19)17(16)21/h2-3,9-10H,4-8H2,1H3,(H,22,25). The molecule has 1 aromatic heterocycles. The maximum atomic E-state index is 14.4. The zero-order valence-corrected chi connectivity index (χ0v) is 16.2. The highest BCUT2D eigenvalue weighted by Crippen LogP contribution is 2.37. The Balaban J connectivity index is 1.62. The van der Waals surface area contributed by atoms with Crippen molar-refractivity contribution in [2.24, 2.45) is 7.05 Å². The second-order valence-electron chi connectivity index (χ2n) is 6.98. The van der Waals surface area contributed by atoms with Gasteiger partial charge >= 0.3 is 0 Å². The monoisotopic (exact) mass is 413 g/mol. The number of carbonyl (C=O) groups excluding carboxylic acids is 1. The van der Waals surface area contributed by atoms with Crippen LogP contribution in [0.1, 0.15) is 22.9 Å². The summed E-state index contributed by atoms with van der Waals surface area (Å²) in [6, 6.07) is 2.44. The molecule has 144 valence electrons. The van der Waals surface area contributed by atoms with Crippen molar-refractivity contribution in [2.75, 3.05) is 13.2 Å². The van der Waals surface area contributed by atoms with Crippen LogP contribution in [0.5, 0.6) is 0 Å². The van der Waals surface area contributed by atoms with Crippen LogP contribution in [0.2, 0.25) is 5.02 Å². The molecule has 1 aromatic carbocycles. The van der Waals surface area contributed by atoms with Crippen LogP contribution in [0.3, 0.4) is 0 Å². The molecule has 1 unspecified atom stereocenters. The smallest absolute Gasteiger partial charge is 0.226 e. The van der Waals surface area contributed by atoms with Gasteiger partial charge in [-0.1, -0.05) is 11.6 Å². The Labute approximate surface area is 164 Å². The molecule has 1 fully saturated rings. The van der Waals surface area contributed by atoms with E-state index in [0.29, 0.717) is 31.0 Å². The number of fused-ring (bicyclic) bond motifs is 1. The molecule has 2 aliphatic heterocycles. The minimum Gasteiger partial charge on any atom is -0.377 e. The fourth-order valence-electron chi connectivity index (χ4n) is 3.78. The zero-order chi connectivity index (χ0) is 19.3. The molecule has 2 aromatic rings. The molecule has 1 N–H and O–H groups in total. The first kappa shape index (κ1) is 18.6. The summed E-state index contributed by atoms with van der Waals surface area (Å²) in [5.41, 5.74) is 1.58. The van der Waals surface area contributed by atoms with Gasteiger partial charge in [-0.15, -0.1) is 0 Å². The maximum Gasteiger partial charge on any atom is 0.226 e. The van der Waals surface area contributed by atoms with Crippen molar-refractivity contribution in [3.05, 3.63) is 50.5 Å². The van der Waals surface area contributed by atoms with Crippen molar-refractivity contribution in [2.45, 2.75) is 31.3 Å². The lowest BCUT2D eigenvalue weighted by Gasteiger charge is -2.26. The van der Waals surface area contributed by atoms with E-state index in [-0.39, 0.29) is 29.0 Å². The summed E-state index contributed by atoms with van der Waals surface area (Å²) in [7, 11) is 1.80. The first-order chi connectivity index (χ1) is 12.9. The van der Waals surface area contributed by atoms with Gasteiger partial charge in [-0.2, -0.15) is 0 Å². The Kier molecular flexibility index (Phi) is 4.82. The molecule has 1 atom stereocenters. The number of imidazole rings is 1. The average Bonchev–Trinajstić information content (AvgIpc) is 3.10. The van der Waals surface area contributed by atoms with Gasteiger partial charge in [0.2, 0.25) is 5.91 Å². The van der Waals surface area contributed by atoms with Crippen molar-refractivity contribution in [3.63, 3.8) is 0 Å². The molecule has 1 saturated heterocycles. The van der Waals surface area contributed by atoms with Gasteiger partial charge in [0.25, 0.3) is 0 Å². The summed E-state index contributed by atoms with van der Waals surface area (Å²) >= 11 is 11.3. The van der Waals surface area contributed by atoms with Crippen LogP contribution >= 0.6 is 23.8 Å². The lowest BCUT2D eigenvalue weighted by atomic mass is 9.95. The molecule has 3 heterocycles. The number of halogens is 3. The third kappa shape index (κ3) is 3.19.